The molecule has 1 unspecified atom stereocenters. The third-order valence-electron chi connectivity index (χ3n) is 2.02. The van der Waals surface area contributed by atoms with Crippen LogP contribution in [0.4, 0.5) is 5.13 Å². The SMILES string of the molecule is COCCCCOCC(O)CSc1nnc(N)s1. The van der Waals surface area contributed by atoms with Gasteiger partial charge in [0.25, 0.3) is 0 Å². The number of aliphatic hydroxyl groups is 1. The van der Waals surface area contributed by atoms with Crippen LogP contribution < -0.4 is 5.73 Å². The molecule has 1 aromatic rings. The Morgan fingerprint density at radius 2 is 2.17 bits per heavy atom. The smallest absolute Gasteiger partial charge is 0.203 e. The Balaban J connectivity index is 1.98. The Bertz CT molecular complexity index is 325. The van der Waals surface area contributed by atoms with Crippen molar-refractivity contribution in [3.63, 3.8) is 0 Å². The third kappa shape index (κ3) is 7.12. The summed E-state index contributed by atoms with van der Waals surface area (Å²) >= 11 is 2.76. The van der Waals surface area contributed by atoms with Crippen LogP contribution in [0.25, 0.3) is 0 Å². The molecule has 1 rings (SSSR count). The van der Waals surface area contributed by atoms with Crippen LogP contribution in [0.15, 0.2) is 4.34 Å². The fourth-order valence-electron chi connectivity index (χ4n) is 1.16. The van der Waals surface area contributed by atoms with E-state index in [0.717, 1.165) is 23.8 Å². The highest BCUT2D eigenvalue weighted by Crippen LogP contribution is 2.23. The first-order valence-electron chi connectivity index (χ1n) is 5.69. The molecule has 1 atom stereocenters. The first-order chi connectivity index (χ1) is 8.72. The Morgan fingerprint density at radius 3 is 2.83 bits per heavy atom. The Labute approximate surface area is 115 Å². The van der Waals surface area contributed by atoms with E-state index in [0.29, 0.717) is 24.1 Å². The Morgan fingerprint density at radius 1 is 1.39 bits per heavy atom. The summed E-state index contributed by atoms with van der Waals surface area (Å²) in [6.45, 7) is 1.74. The number of thioether (sulfide) groups is 1. The van der Waals surface area contributed by atoms with Crippen molar-refractivity contribution in [1.82, 2.24) is 10.2 Å². The van der Waals surface area contributed by atoms with E-state index >= 15 is 0 Å². The lowest BCUT2D eigenvalue weighted by Crippen LogP contribution is -2.18. The lowest BCUT2D eigenvalue weighted by molar-refractivity contribution is 0.0446. The highest BCUT2D eigenvalue weighted by atomic mass is 32.2. The average molecular weight is 293 g/mol. The van der Waals surface area contributed by atoms with Crippen LogP contribution in [-0.4, -0.2) is 54.1 Å². The molecule has 8 heteroatoms. The van der Waals surface area contributed by atoms with Crippen LogP contribution >= 0.6 is 23.1 Å². The number of anilines is 1. The zero-order valence-corrected chi connectivity index (χ0v) is 12.0. The van der Waals surface area contributed by atoms with Crippen LogP contribution in [0.3, 0.4) is 0 Å². The molecule has 1 heterocycles. The minimum Gasteiger partial charge on any atom is -0.390 e. The lowest BCUT2D eigenvalue weighted by atomic mass is 10.3. The summed E-state index contributed by atoms with van der Waals surface area (Å²) < 4.78 is 11.1. The van der Waals surface area contributed by atoms with Gasteiger partial charge in [-0.3, -0.25) is 0 Å². The van der Waals surface area contributed by atoms with Gasteiger partial charge < -0.3 is 20.3 Å². The van der Waals surface area contributed by atoms with Gasteiger partial charge in [-0.15, -0.1) is 10.2 Å². The molecule has 104 valence electrons. The molecule has 1 aromatic heterocycles. The molecule has 0 amide bonds. The number of hydrogen-bond donors (Lipinski definition) is 2. The van der Waals surface area contributed by atoms with Crippen molar-refractivity contribution < 1.29 is 14.6 Å². The number of aliphatic hydroxyl groups excluding tert-OH is 1. The molecule has 0 fully saturated rings. The standard InChI is InChI=1S/C10H19N3O3S2/c1-15-4-2-3-5-16-6-8(14)7-17-10-13-12-9(11)18-10/h8,14H,2-7H2,1H3,(H2,11,12). The number of nitrogens with zero attached hydrogens (tertiary/aromatic N) is 2. The van der Waals surface area contributed by atoms with Gasteiger partial charge in [-0.05, 0) is 12.8 Å². The predicted octanol–water partition coefficient (Wildman–Crippen LogP) is 1.02. The van der Waals surface area contributed by atoms with E-state index in [2.05, 4.69) is 10.2 Å². The molecule has 0 aliphatic rings. The summed E-state index contributed by atoms with van der Waals surface area (Å²) in [6.07, 6.45) is 1.43. The number of nitrogens with two attached hydrogens (primary N) is 1. The summed E-state index contributed by atoms with van der Waals surface area (Å²) in [4.78, 5) is 0. The largest absolute Gasteiger partial charge is 0.390 e. The molecule has 0 saturated carbocycles. The maximum atomic E-state index is 9.67. The van der Waals surface area contributed by atoms with Gasteiger partial charge in [0.1, 0.15) is 0 Å². The Kier molecular flexibility index (Phi) is 8.27. The van der Waals surface area contributed by atoms with Crippen LogP contribution in [0.1, 0.15) is 12.8 Å². The summed E-state index contributed by atoms with van der Waals surface area (Å²) in [5.41, 5.74) is 5.46. The van der Waals surface area contributed by atoms with Gasteiger partial charge in [0.15, 0.2) is 4.34 Å². The van der Waals surface area contributed by atoms with Crippen molar-refractivity contribution in [2.24, 2.45) is 0 Å². The Hall–Kier alpha value is -0.410. The highest BCUT2D eigenvalue weighted by Gasteiger charge is 2.08. The molecule has 3 N–H and O–H groups in total. The van der Waals surface area contributed by atoms with Crippen LogP contribution in [0.5, 0.6) is 0 Å². The second-order valence-corrected chi connectivity index (χ2v) is 5.92. The number of ether oxygens (including phenoxy) is 2. The molecule has 6 nitrogen and oxygen atoms in total. The van der Waals surface area contributed by atoms with E-state index in [1.54, 1.807) is 7.11 Å². The molecule has 0 bridgehead atoms. The average Bonchev–Trinajstić information content (AvgIpc) is 2.77. The van der Waals surface area contributed by atoms with Crippen molar-refractivity contribution in [1.29, 1.82) is 0 Å². The van der Waals surface area contributed by atoms with Crippen LogP contribution in [0.2, 0.25) is 0 Å². The zero-order valence-electron chi connectivity index (χ0n) is 10.4. The van der Waals surface area contributed by atoms with Crippen molar-refractivity contribution >= 4 is 28.2 Å². The van der Waals surface area contributed by atoms with Crippen LogP contribution in [-0.2, 0) is 9.47 Å². The first kappa shape index (κ1) is 15.6. The van der Waals surface area contributed by atoms with Crippen molar-refractivity contribution in [3.05, 3.63) is 0 Å². The van der Waals surface area contributed by atoms with Crippen molar-refractivity contribution in [2.45, 2.75) is 23.3 Å². The van der Waals surface area contributed by atoms with E-state index < -0.39 is 6.10 Å². The topological polar surface area (TPSA) is 90.5 Å². The molecule has 0 aliphatic carbocycles. The number of unbranched alkanes of at least 4 members (excludes halogenated alkanes) is 1. The minimum absolute atomic E-state index is 0.342. The molecule has 0 saturated heterocycles. The van der Waals surface area contributed by atoms with Gasteiger partial charge in [-0.1, -0.05) is 23.1 Å². The number of methoxy groups -OCH3 is 1. The molecular formula is C10H19N3O3S2. The molecule has 0 aliphatic heterocycles. The fraction of sp³-hybridized carbons (Fsp3) is 0.800. The third-order valence-corrected chi connectivity index (χ3v) is 4.05. The van der Waals surface area contributed by atoms with Gasteiger partial charge in [0.2, 0.25) is 5.13 Å². The molecule has 0 spiro atoms. The number of hydrogen-bond acceptors (Lipinski definition) is 8. The van der Waals surface area contributed by atoms with Crippen molar-refractivity contribution in [2.75, 3.05) is 38.4 Å². The van der Waals surface area contributed by atoms with E-state index in [1.165, 1.54) is 23.1 Å². The quantitative estimate of drug-likeness (QED) is 0.491. The van der Waals surface area contributed by atoms with E-state index in [-0.39, 0.29) is 0 Å². The normalized spacial score (nSPS) is 12.8. The maximum Gasteiger partial charge on any atom is 0.203 e. The van der Waals surface area contributed by atoms with E-state index in [9.17, 15) is 5.11 Å². The zero-order chi connectivity index (χ0) is 13.2. The van der Waals surface area contributed by atoms with E-state index in [1.807, 2.05) is 0 Å². The molecular weight excluding hydrogens is 274 g/mol. The van der Waals surface area contributed by atoms with Crippen molar-refractivity contribution in [3.8, 4) is 0 Å². The first-order valence-corrected chi connectivity index (χ1v) is 7.49. The monoisotopic (exact) mass is 293 g/mol. The minimum atomic E-state index is -0.498. The van der Waals surface area contributed by atoms with E-state index in [4.69, 9.17) is 15.2 Å². The summed E-state index contributed by atoms with van der Waals surface area (Å²) in [5, 5.41) is 17.7. The fourth-order valence-corrected chi connectivity index (χ4v) is 2.73. The summed E-state index contributed by atoms with van der Waals surface area (Å²) in [7, 11) is 1.68. The second-order valence-electron chi connectivity index (χ2n) is 3.65. The van der Waals surface area contributed by atoms with Gasteiger partial charge >= 0.3 is 0 Å². The number of nitrogen functional groups attached to an aromatic ring is 1. The molecule has 18 heavy (non-hydrogen) atoms. The second kappa shape index (κ2) is 9.51. The van der Waals surface area contributed by atoms with Gasteiger partial charge in [0.05, 0.1) is 12.7 Å². The maximum absolute atomic E-state index is 9.67. The van der Waals surface area contributed by atoms with Gasteiger partial charge in [-0.2, -0.15) is 0 Å². The van der Waals surface area contributed by atoms with Gasteiger partial charge in [-0.25, -0.2) is 0 Å². The number of aromatic nitrogens is 2. The lowest BCUT2D eigenvalue weighted by Gasteiger charge is -2.09. The summed E-state index contributed by atoms with van der Waals surface area (Å²) in [5.74, 6) is 0.534. The number of rotatable bonds is 10. The highest BCUT2D eigenvalue weighted by molar-refractivity contribution is 8.01. The predicted molar refractivity (Wildman–Crippen MR) is 73.0 cm³/mol. The summed E-state index contributed by atoms with van der Waals surface area (Å²) in [6, 6.07) is 0. The molecule has 0 aromatic carbocycles. The van der Waals surface area contributed by atoms with Crippen LogP contribution in [0, 0.1) is 0 Å². The molecule has 0 radical (unpaired) electrons. The van der Waals surface area contributed by atoms with Gasteiger partial charge in [0, 0.05) is 26.1 Å².